The van der Waals surface area contributed by atoms with E-state index < -0.39 is 0 Å². The number of carbonyl (C=O) groups is 1. The number of thioether (sulfide) groups is 1. The minimum atomic E-state index is -0.0107. The zero-order valence-corrected chi connectivity index (χ0v) is 13.9. The molecule has 1 nitrogen and oxygen atoms in total. The Bertz CT molecular complexity index is 571. The van der Waals surface area contributed by atoms with Crippen molar-refractivity contribution in [3.63, 3.8) is 0 Å². The van der Waals surface area contributed by atoms with Crippen LogP contribution in [-0.4, -0.2) is 16.2 Å². The Morgan fingerprint density at radius 2 is 1.94 bits per heavy atom. The van der Waals surface area contributed by atoms with Crippen LogP contribution in [0.5, 0.6) is 0 Å². The Kier molecular flexibility index (Phi) is 4.86. The van der Waals surface area contributed by atoms with Crippen LogP contribution in [-0.2, 0) is 4.79 Å². The van der Waals surface area contributed by atoms with Crippen molar-refractivity contribution >= 4 is 56.2 Å². The van der Waals surface area contributed by atoms with Crippen molar-refractivity contribution in [1.29, 1.82) is 0 Å². The maximum atomic E-state index is 11.8. The SMILES string of the molecule is CSC1=S(I)C=C(c2ccccc2)C=C1C(C)=O. The third-order valence-electron chi connectivity index (χ3n) is 2.60. The highest BCUT2D eigenvalue weighted by Crippen LogP contribution is 2.41. The van der Waals surface area contributed by atoms with Gasteiger partial charge in [0.25, 0.3) is 0 Å². The standard InChI is InChI=1S/C14H13IOS2/c1-10(16)13-8-12(9-18(15)14(13)17-2)11-6-4-3-5-7-11/h3-9H,1-2H3. The molecule has 1 aromatic carbocycles. The molecule has 1 aromatic rings. The molecule has 0 amide bonds. The van der Waals surface area contributed by atoms with Crippen LogP contribution in [0, 0.1) is 0 Å². The molecule has 0 bridgehead atoms. The molecule has 0 fully saturated rings. The van der Waals surface area contributed by atoms with Gasteiger partial charge < -0.3 is 0 Å². The van der Waals surface area contributed by atoms with Crippen LogP contribution < -0.4 is 0 Å². The molecule has 0 aliphatic carbocycles. The Morgan fingerprint density at radius 3 is 2.50 bits per heavy atom. The van der Waals surface area contributed by atoms with Gasteiger partial charge in [-0.05, 0) is 57.0 Å². The molecule has 1 aliphatic heterocycles. The molecule has 2 rings (SSSR count). The number of benzene rings is 1. The third kappa shape index (κ3) is 2.97. The third-order valence-corrected chi connectivity index (χ3v) is 8.24. The van der Waals surface area contributed by atoms with Crippen LogP contribution in [0.2, 0.25) is 0 Å². The topological polar surface area (TPSA) is 17.1 Å². The summed E-state index contributed by atoms with van der Waals surface area (Å²) in [6.45, 7) is 1.64. The molecule has 0 saturated carbocycles. The lowest BCUT2D eigenvalue weighted by molar-refractivity contribution is -0.113. The molecular formula is C14H13IOS2. The summed E-state index contributed by atoms with van der Waals surface area (Å²) in [5.41, 5.74) is 3.18. The fraction of sp³-hybridized carbons (Fsp3) is 0.143. The van der Waals surface area contributed by atoms with Crippen molar-refractivity contribution in [2.45, 2.75) is 6.92 Å². The van der Waals surface area contributed by atoms with E-state index in [4.69, 9.17) is 0 Å². The monoisotopic (exact) mass is 388 g/mol. The van der Waals surface area contributed by atoms with Crippen molar-refractivity contribution < 1.29 is 4.79 Å². The highest BCUT2D eigenvalue weighted by Gasteiger charge is 2.17. The van der Waals surface area contributed by atoms with Gasteiger partial charge in [-0.15, -0.1) is 11.8 Å². The number of hydrogen-bond donors (Lipinski definition) is 0. The molecule has 1 atom stereocenters. The zero-order valence-electron chi connectivity index (χ0n) is 10.1. The quantitative estimate of drug-likeness (QED) is 0.541. The summed E-state index contributed by atoms with van der Waals surface area (Å²) >= 11 is 4.09. The summed E-state index contributed by atoms with van der Waals surface area (Å²) < 4.78 is 1.18. The molecule has 1 aliphatic rings. The highest BCUT2D eigenvalue weighted by atomic mass is 127. The van der Waals surface area contributed by atoms with Gasteiger partial charge in [0.2, 0.25) is 0 Å². The summed E-state index contributed by atoms with van der Waals surface area (Å²) in [5.74, 6) is 0.148. The minimum Gasteiger partial charge on any atom is -0.294 e. The normalized spacial score (nSPS) is 19.3. The van der Waals surface area contributed by atoms with Gasteiger partial charge in [-0.2, -0.15) is 0 Å². The number of halogens is 1. The van der Waals surface area contributed by atoms with E-state index in [1.165, 1.54) is 9.76 Å². The molecule has 0 radical (unpaired) electrons. The summed E-state index contributed by atoms with van der Waals surface area (Å²) in [5, 5.41) is 2.24. The lowest BCUT2D eigenvalue weighted by atomic mass is 10.0. The smallest absolute Gasteiger partial charge is 0.161 e. The number of allylic oxidation sites excluding steroid dienone is 2. The maximum absolute atomic E-state index is 11.8. The first-order chi connectivity index (χ1) is 8.63. The van der Waals surface area contributed by atoms with Crippen LogP contribution in [0.25, 0.3) is 5.57 Å². The Morgan fingerprint density at radius 1 is 1.28 bits per heavy atom. The van der Waals surface area contributed by atoms with Crippen LogP contribution in [0.3, 0.4) is 0 Å². The van der Waals surface area contributed by atoms with Crippen LogP contribution >= 0.6 is 40.6 Å². The van der Waals surface area contributed by atoms with E-state index in [1.807, 2.05) is 30.5 Å². The van der Waals surface area contributed by atoms with Crippen molar-refractivity contribution in [3.05, 3.63) is 53.0 Å². The van der Waals surface area contributed by atoms with Crippen molar-refractivity contribution in [2.24, 2.45) is 0 Å². The molecule has 0 saturated heterocycles. The van der Waals surface area contributed by atoms with Gasteiger partial charge in [-0.1, -0.05) is 38.0 Å². The lowest BCUT2D eigenvalue weighted by Gasteiger charge is -2.16. The molecule has 1 heterocycles. The first kappa shape index (κ1) is 14.1. The number of hydrogen-bond acceptors (Lipinski definition) is 2. The molecule has 0 spiro atoms. The molecule has 1 unspecified atom stereocenters. The van der Waals surface area contributed by atoms with Crippen molar-refractivity contribution in [3.8, 4) is 0 Å². The average Bonchev–Trinajstić information content (AvgIpc) is 2.38. The predicted molar refractivity (Wildman–Crippen MR) is 93.3 cm³/mol. The van der Waals surface area contributed by atoms with E-state index in [0.29, 0.717) is 0 Å². The Hall–Kier alpha value is -0.330. The van der Waals surface area contributed by atoms with E-state index in [9.17, 15) is 4.79 Å². The van der Waals surface area contributed by atoms with Crippen LogP contribution in [0.1, 0.15) is 12.5 Å². The Balaban J connectivity index is 2.53. The van der Waals surface area contributed by atoms with Gasteiger partial charge in [-0.25, -0.2) is 0 Å². The van der Waals surface area contributed by atoms with Crippen LogP contribution in [0.4, 0.5) is 0 Å². The van der Waals surface area contributed by atoms with Crippen molar-refractivity contribution in [2.75, 3.05) is 6.26 Å². The van der Waals surface area contributed by atoms with Gasteiger partial charge in [0.05, 0.1) is 4.20 Å². The van der Waals surface area contributed by atoms with Gasteiger partial charge in [0.1, 0.15) is 0 Å². The molecule has 0 aromatic heterocycles. The number of carbonyl (C=O) groups excluding carboxylic acids is 1. The van der Waals surface area contributed by atoms with E-state index >= 15 is 0 Å². The Labute approximate surface area is 126 Å². The van der Waals surface area contributed by atoms with E-state index in [2.05, 4.69) is 38.7 Å². The van der Waals surface area contributed by atoms with Gasteiger partial charge in [0, 0.05) is 5.57 Å². The van der Waals surface area contributed by atoms with E-state index in [-0.39, 0.29) is 13.4 Å². The lowest BCUT2D eigenvalue weighted by Crippen LogP contribution is -2.08. The fourth-order valence-corrected chi connectivity index (χ4v) is 7.04. The second-order valence-electron chi connectivity index (χ2n) is 3.83. The first-order valence-corrected chi connectivity index (χ1v) is 10.5. The summed E-state index contributed by atoms with van der Waals surface area (Å²) in [6, 6.07) is 10.2. The van der Waals surface area contributed by atoms with Gasteiger partial charge in [0.15, 0.2) is 5.78 Å². The molecule has 18 heavy (non-hydrogen) atoms. The second kappa shape index (κ2) is 6.21. The summed E-state index contributed by atoms with van der Waals surface area (Å²) in [7, 11) is -0.0107. The predicted octanol–water partition coefficient (Wildman–Crippen LogP) is 4.67. The number of ketones is 1. The molecular weight excluding hydrogens is 375 g/mol. The molecule has 0 N–H and O–H groups in total. The second-order valence-corrected chi connectivity index (χ2v) is 8.96. The molecule has 94 valence electrons. The fourth-order valence-electron chi connectivity index (χ4n) is 1.74. The zero-order chi connectivity index (χ0) is 13.1. The van der Waals surface area contributed by atoms with Crippen molar-refractivity contribution in [1.82, 2.24) is 0 Å². The van der Waals surface area contributed by atoms with Gasteiger partial charge in [-0.3, -0.25) is 4.79 Å². The highest BCUT2D eigenvalue weighted by molar-refractivity contribution is 14.2. The van der Waals surface area contributed by atoms with Crippen LogP contribution in [0.15, 0.2) is 47.4 Å². The summed E-state index contributed by atoms with van der Waals surface area (Å²) in [4.78, 5) is 11.8. The van der Waals surface area contributed by atoms with Gasteiger partial charge >= 0.3 is 0 Å². The maximum Gasteiger partial charge on any atom is 0.161 e. The molecule has 4 heteroatoms. The minimum absolute atomic E-state index is 0.0107. The first-order valence-electron chi connectivity index (χ1n) is 5.44. The number of Topliss-reactive ketones (excluding diaryl/α,β-unsaturated/α-hetero) is 1. The number of rotatable bonds is 2. The average molecular weight is 388 g/mol. The largest absolute Gasteiger partial charge is 0.294 e. The summed E-state index contributed by atoms with van der Waals surface area (Å²) in [6.07, 6.45) is 4.05. The van der Waals surface area contributed by atoms with E-state index in [1.54, 1.807) is 18.7 Å². The van der Waals surface area contributed by atoms with E-state index in [0.717, 1.165) is 11.1 Å².